The second-order valence-corrected chi connectivity index (χ2v) is 34.1. The molecule has 1 fully saturated rings. The van der Waals surface area contributed by atoms with E-state index in [1.807, 2.05) is 170 Å². The lowest BCUT2D eigenvalue weighted by Gasteiger charge is -2.24. The fraction of sp³-hybridized carbons (Fsp3) is 0.143. The van der Waals surface area contributed by atoms with E-state index in [4.69, 9.17) is 13.9 Å². The van der Waals surface area contributed by atoms with Crippen LogP contribution in [0.25, 0.3) is 78.6 Å². The summed E-state index contributed by atoms with van der Waals surface area (Å²) < 4.78 is 14.4. The van der Waals surface area contributed by atoms with Gasteiger partial charge in [0.25, 0.3) is 35.3 Å². The van der Waals surface area contributed by atoms with Crippen molar-refractivity contribution < 1.29 is 57.8 Å². The van der Waals surface area contributed by atoms with E-state index < -0.39 is 34.1 Å². The summed E-state index contributed by atoms with van der Waals surface area (Å²) in [6, 6.07) is 79.5. The molecule has 0 saturated carbocycles. The van der Waals surface area contributed by atoms with Gasteiger partial charge in [-0.2, -0.15) is 15.1 Å². The van der Waals surface area contributed by atoms with Crippen molar-refractivity contribution in [2.75, 3.05) is 26.6 Å². The lowest BCUT2D eigenvalue weighted by Crippen LogP contribution is -2.34. The zero-order valence-electron chi connectivity index (χ0n) is 73.5. The van der Waals surface area contributed by atoms with Crippen LogP contribution in [0.1, 0.15) is 134 Å². The SMILES string of the molecule is C=C1CC(=O)/C(=C\c2cn(CCC(=O)O)nc2-c2cc3ccccc3oc2=O)C(=O)N1.C=C1NC(=O)c2c(sc3c2CCCCCCCCCC3)N1.Cc1ccc(C(=O)Nc2nc(-c3ccccc3)c(-c3ccccc3)o2)cc1.O=C(Nc1nc2n(n1)C(c1ccccc1)C=C(c1ccccc1)N2)c1ccc([N+](=O)[O-])cc1.Oc1ccc(-c2csc(Nc3cccc4ccccc34)n2)cc1O. The number of benzene rings is 10. The summed E-state index contributed by atoms with van der Waals surface area (Å²) in [4.78, 5) is 111. The molecule has 136 heavy (non-hydrogen) atoms. The number of hydrogen-bond acceptors (Lipinski definition) is 23. The Morgan fingerprint density at radius 2 is 1.24 bits per heavy atom. The van der Waals surface area contributed by atoms with Crippen molar-refractivity contribution in [3.8, 4) is 56.6 Å². The molecular weight excluding hydrogens is 1760 g/mol. The van der Waals surface area contributed by atoms with Gasteiger partial charge in [-0.25, -0.2) is 14.5 Å². The first-order valence-corrected chi connectivity index (χ1v) is 45.6. The van der Waals surface area contributed by atoms with Crippen molar-refractivity contribution in [3.63, 3.8) is 0 Å². The van der Waals surface area contributed by atoms with Gasteiger partial charge in [-0.1, -0.05) is 245 Å². The van der Waals surface area contributed by atoms with Gasteiger partial charge in [-0.3, -0.25) is 54.2 Å². The highest BCUT2D eigenvalue weighted by molar-refractivity contribution is 7.16. The molecule has 4 amide bonds. The number of rotatable bonds is 17. The number of non-ortho nitro benzene ring substituents is 1. The van der Waals surface area contributed by atoms with Crippen LogP contribution >= 0.6 is 22.7 Å². The maximum Gasteiger partial charge on any atom is 0.345 e. The summed E-state index contributed by atoms with van der Waals surface area (Å²) in [7, 11) is 0. The summed E-state index contributed by atoms with van der Waals surface area (Å²) in [6.45, 7) is 9.45. The number of thiazole rings is 1. The summed E-state index contributed by atoms with van der Waals surface area (Å²) >= 11 is 3.25. The van der Waals surface area contributed by atoms with Crippen LogP contribution in [0.5, 0.6) is 11.5 Å². The third-order valence-corrected chi connectivity index (χ3v) is 24.5. The largest absolute Gasteiger partial charge is 0.504 e. The molecule has 0 radical (unpaired) electrons. The van der Waals surface area contributed by atoms with Crippen LogP contribution in [0.3, 0.4) is 0 Å². The van der Waals surface area contributed by atoms with E-state index in [1.54, 1.807) is 64.5 Å². The first-order chi connectivity index (χ1) is 66.1. The molecule has 1 atom stereocenters. The quantitative estimate of drug-likeness (QED) is 0.0101. The van der Waals surface area contributed by atoms with Gasteiger partial charge in [-0.05, 0) is 127 Å². The molecule has 6 aromatic heterocycles. The Balaban J connectivity index is 0.000000124. The number of piperidine rings is 1. The van der Waals surface area contributed by atoms with Gasteiger partial charge >= 0.3 is 17.6 Å². The normalized spacial score (nSPS) is 14.2. The number of carbonyl (C=O) groups excluding carboxylic acids is 5. The number of carboxylic acid groups (broad SMARTS) is 1. The molecule has 1 saturated heterocycles. The number of aliphatic carboxylic acids is 1. The van der Waals surface area contributed by atoms with Crippen LogP contribution in [0.2, 0.25) is 0 Å². The second-order valence-electron chi connectivity index (χ2n) is 32.2. The molecule has 29 nitrogen and oxygen atoms in total. The van der Waals surface area contributed by atoms with Crippen LogP contribution in [0, 0.1) is 17.0 Å². The molecule has 20 rings (SSSR count). The van der Waals surface area contributed by atoms with E-state index in [0.29, 0.717) is 51.0 Å². The fourth-order valence-electron chi connectivity index (χ4n) is 15.7. The molecule has 3 aliphatic heterocycles. The molecule has 1 unspecified atom stereocenters. The molecule has 10 N–H and O–H groups in total. The first kappa shape index (κ1) is 92.2. The van der Waals surface area contributed by atoms with Gasteiger partial charge < -0.3 is 50.7 Å². The van der Waals surface area contributed by atoms with E-state index in [-0.39, 0.29) is 88.8 Å². The number of phenolic OH excluding ortho intramolecular Hbond substituents is 2. The van der Waals surface area contributed by atoms with E-state index >= 15 is 0 Å². The summed E-state index contributed by atoms with van der Waals surface area (Å²) in [5, 5.41) is 75.0. The molecular formula is C105H91N15O14S2. The highest BCUT2D eigenvalue weighted by Crippen LogP contribution is 2.42. The third kappa shape index (κ3) is 22.7. The lowest BCUT2D eigenvalue weighted by molar-refractivity contribution is -0.384. The number of hydrogen-bond donors (Lipinski definition) is 10. The molecule has 16 aromatic rings. The number of carboxylic acids is 1. The summed E-state index contributed by atoms with van der Waals surface area (Å²) in [5.41, 5.74) is 12.6. The number of allylic oxidation sites excluding steroid dienone is 2. The third-order valence-electron chi connectivity index (χ3n) is 22.5. The second kappa shape index (κ2) is 42.9. The fourth-order valence-corrected chi connectivity index (χ4v) is 17.7. The lowest BCUT2D eigenvalue weighted by atomic mass is 9.97. The van der Waals surface area contributed by atoms with Crippen LogP contribution in [-0.4, -0.2) is 90.1 Å². The highest BCUT2D eigenvalue weighted by Gasteiger charge is 2.31. The Morgan fingerprint density at radius 3 is 1.93 bits per heavy atom. The standard InChI is InChI=1S/C24H18N6O3.C23H18N2O2.C22H17N3O6.C19H14N2O2S.C17H24N2OS/c31-22(18-11-13-19(14-12-18)30(32)33)26-23-27-24-25-20(16-7-3-1-4-8-16)15-21(29(24)28-23)17-9-5-2-6-10-17;1-16-12-14-19(15-13-16)22(26)25-23-24-20(17-8-4-2-5-9-17)21(27-23)18-10-6-3-7-11-18;1-12-8-17(26)15(21(29)23-12)10-14-11-25(7-6-19(27)28)24-20(14)16-9-13-4-2-3-5-18(13)31-22(16)30;22-17-9-8-13(10-18(17)23)16-11-24-19(21-16)20-15-7-3-5-12-4-1-2-6-14(12)15;1-12-18-16(20)15-13-10-8-6-4-2-3-5-7-9-11-14(13)21-17(15)19-12/h1-15,21H,(H2,25,26,27,28,31);2-15H,1H3,(H,24,25,26);2-5,9-11H,1,6-8H2,(H,23,29)(H,27,28);1-11,22-23H,(H,20,21);19H,1-11H2,(H,18,20)/b;;15-10+;;. The summed E-state index contributed by atoms with van der Waals surface area (Å²) in [5.74, 6) is -1.15. The van der Waals surface area contributed by atoms with Gasteiger partial charge in [0, 0.05) is 89.8 Å². The molecule has 10 aromatic carbocycles. The number of amides is 4. The maximum atomic E-state index is 12.6. The Morgan fingerprint density at radius 1 is 0.610 bits per heavy atom. The van der Waals surface area contributed by atoms with Gasteiger partial charge in [0.2, 0.25) is 5.95 Å². The number of nitrogens with one attached hydrogen (secondary N) is 7. The number of nitrogens with zero attached hydrogens (tertiary/aromatic N) is 8. The molecule has 4 aliphatic rings. The average molecular weight is 1850 g/mol. The number of para-hydroxylation sites is 1. The molecule has 9 heterocycles. The number of oxazole rings is 1. The minimum atomic E-state index is -1.01. The van der Waals surface area contributed by atoms with E-state index in [9.17, 15) is 53.9 Å². The highest BCUT2D eigenvalue weighted by atomic mass is 32.1. The van der Waals surface area contributed by atoms with Crippen LogP contribution < -0.4 is 42.8 Å². The summed E-state index contributed by atoms with van der Waals surface area (Å²) in [6.07, 6.45) is 17.3. The Labute approximate surface area is 787 Å². The number of Topliss-reactive ketones (excluding diaryl/α,β-unsaturated/α-hetero) is 1. The Kier molecular flexibility index (Phi) is 29.1. The number of aryl methyl sites for hydroxylation is 3. The number of aromatic nitrogens is 7. The van der Waals surface area contributed by atoms with Gasteiger partial charge in [0.05, 0.1) is 46.7 Å². The number of nitro benzene ring substituents is 1. The number of aromatic hydroxyl groups is 2. The van der Waals surface area contributed by atoms with Crippen molar-refractivity contribution in [1.29, 1.82) is 0 Å². The maximum absolute atomic E-state index is 12.6. The van der Waals surface area contributed by atoms with Gasteiger partial charge in [0.1, 0.15) is 33.8 Å². The Bertz CT molecular complexity index is 7210. The minimum Gasteiger partial charge on any atom is -0.504 e. The Hall–Kier alpha value is -17.1. The van der Waals surface area contributed by atoms with E-state index in [2.05, 4.69) is 99.8 Å². The monoisotopic (exact) mass is 1850 g/mol. The van der Waals surface area contributed by atoms with E-state index in [1.165, 1.54) is 132 Å². The van der Waals surface area contributed by atoms with Crippen molar-refractivity contribution in [2.24, 2.45) is 0 Å². The van der Waals surface area contributed by atoms with Crippen molar-refractivity contribution in [3.05, 3.63) is 379 Å². The van der Waals surface area contributed by atoms with Gasteiger partial charge in [0.15, 0.2) is 28.2 Å². The van der Waals surface area contributed by atoms with Crippen LogP contribution in [-0.2, 0) is 33.8 Å². The minimum absolute atomic E-state index is 0.0262. The molecule has 682 valence electrons. The molecule has 31 heteroatoms. The average Bonchev–Trinajstić information content (AvgIpc) is 1.68. The number of carbonyl (C=O) groups is 6. The number of fused-ring (bicyclic) bond motifs is 6. The van der Waals surface area contributed by atoms with Crippen molar-refractivity contribution in [2.45, 2.75) is 96.6 Å². The van der Waals surface area contributed by atoms with Crippen molar-refractivity contribution in [1.82, 2.24) is 45.1 Å². The first-order valence-electron chi connectivity index (χ1n) is 43.9. The molecule has 1 aliphatic carbocycles. The topological polar surface area (TPSA) is 408 Å². The molecule has 0 spiro atoms. The zero-order valence-corrected chi connectivity index (χ0v) is 75.2. The number of nitro groups is 1. The van der Waals surface area contributed by atoms with Crippen molar-refractivity contribution >= 4 is 131 Å². The number of phenols is 2. The van der Waals surface area contributed by atoms with Gasteiger partial charge in [-0.15, -0.1) is 27.8 Å². The predicted molar refractivity (Wildman–Crippen MR) is 528 cm³/mol. The predicted octanol–water partition coefficient (Wildman–Crippen LogP) is 21.9. The smallest absolute Gasteiger partial charge is 0.345 e. The van der Waals surface area contributed by atoms with Crippen LogP contribution in [0.4, 0.5) is 39.4 Å². The van der Waals surface area contributed by atoms with E-state index in [0.717, 1.165) is 84.4 Å². The zero-order chi connectivity index (χ0) is 94.7. The number of ketones is 1. The number of thiophene rings is 1. The molecule has 0 bridgehead atoms. The number of anilines is 6. The van der Waals surface area contributed by atoms with Crippen LogP contribution in [0.15, 0.2) is 322 Å².